The van der Waals surface area contributed by atoms with Crippen molar-refractivity contribution in [3.05, 3.63) is 24.3 Å². The van der Waals surface area contributed by atoms with Gasteiger partial charge in [-0.15, -0.1) is 0 Å². The van der Waals surface area contributed by atoms with Gasteiger partial charge in [-0.05, 0) is 30.1 Å². The fourth-order valence-electron chi connectivity index (χ4n) is 1.84. The van der Waals surface area contributed by atoms with E-state index < -0.39 is 0 Å². The molecule has 0 spiro atoms. The molecule has 1 heterocycles. The summed E-state index contributed by atoms with van der Waals surface area (Å²) in [5.41, 5.74) is 6.74. The van der Waals surface area contributed by atoms with Crippen LogP contribution in [0, 0.1) is 0 Å². The maximum Gasteiger partial charge on any atom is 0.120 e. The first-order chi connectivity index (χ1) is 7.86. The molecule has 0 atom stereocenters. The Morgan fingerprint density at radius 2 is 2.12 bits per heavy atom. The maximum absolute atomic E-state index is 5.65. The minimum Gasteiger partial charge on any atom is -0.360 e. The predicted octanol–water partition coefficient (Wildman–Crippen LogP) is 2.47. The number of nitrogens with two attached hydrogens (primary N) is 1. The molecule has 0 fully saturated rings. The van der Waals surface area contributed by atoms with Gasteiger partial charge >= 0.3 is 0 Å². The van der Waals surface area contributed by atoms with Crippen LogP contribution >= 0.6 is 11.5 Å². The number of benzene rings is 1. The Morgan fingerprint density at radius 1 is 1.31 bits per heavy atom. The molecule has 86 valence electrons. The van der Waals surface area contributed by atoms with Gasteiger partial charge in [-0.25, -0.2) is 0 Å². The molecule has 0 saturated heterocycles. The third-order valence-electron chi connectivity index (χ3n) is 2.54. The zero-order valence-corrected chi connectivity index (χ0v) is 10.3. The van der Waals surface area contributed by atoms with Gasteiger partial charge in [0.1, 0.15) is 5.00 Å². The topological polar surface area (TPSA) is 42.1 Å². The Hall–Kier alpha value is -1.13. The highest BCUT2D eigenvalue weighted by Crippen LogP contribution is 2.30. The number of fused-ring (bicyclic) bond motifs is 1. The molecule has 0 aliphatic heterocycles. The average Bonchev–Trinajstić information content (AvgIpc) is 2.72. The van der Waals surface area contributed by atoms with Crippen LogP contribution in [0.2, 0.25) is 0 Å². The van der Waals surface area contributed by atoms with E-state index in [0.717, 1.165) is 25.0 Å². The molecule has 0 aliphatic carbocycles. The van der Waals surface area contributed by atoms with Crippen LogP contribution in [-0.2, 0) is 0 Å². The molecular weight excluding hydrogens is 218 g/mol. The summed E-state index contributed by atoms with van der Waals surface area (Å²) in [7, 11) is 0. The van der Waals surface area contributed by atoms with Crippen molar-refractivity contribution in [3.8, 4) is 0 Å². The molecule has 4 heteroatoms. The van der Waals surface area contributed by atoms with E-state index in [0.29, 0.717) is 6.54 Å². The van der Waals surface area contributed by atoms with Crippen molar-refractivity contribution in [2.75, 3.05) is 24.5 Å². The van der Waals surface area contributed by atoms with Crippen molar-refractivity contribution in [3.63, 3.8) is 0 Å². The molecule has 2 aromatic rings. The Balaban J connectivity index is 2.36. The monoisotopic (exact) mass is 235 g/mol. The lowest BCUT2D eigenvalue weighted by Crippen LogP contribution is -2.29. The molecule has 0 bridgehead atoms. The van der Waals surface area contributed by atoms with Crippen LogP contribution in [0.25, 0.3) is 10.9 Å². The average molecular weight is 235 g/mol. The second kappa shape index (κ2) is 5.27. The van der Waals surface area contributed by atoms with Crippen molar-refractivity contribution in [1.29, 1.82) is 0 Å². The van der Waals surface area contributed by atoms with Crippen molar-refractivity contribution in [2.24, 2.45) is 5.73 Å². The predicted molar refractivity (Wildman–Crippen MR) is 71.2 cm³/mol. The first-order valence-electron chi connectivity index (χ1n) is 5.66. The smallest absolute Gasteiger partial charge is 0.120 e. The number of aromatic nitrogens is 1. The summed E-state index contributed by atoms with van der Waals surface area (Å²) in [5, 5.41) is 2.50. The van der Waals surface area contributed by atoms with Gasteiger partial charge in [0.05, 0.1) is 5.52 Å². The Bertz CT molecular complexity index is 446. The van der Waals surface area contributed by atoms with Crippen LogP contribution in [0.5, 0.6) is 0 Å². The summed E-state index contributed by atoms with van der Waals surface area (Å²) in [4.78, 5) is 2.33. The molecule has 1 aromatic carbocycles. The molecule has 0 saturated carbocycles. The largest absolute Gasteiger partial charge is 0.360 e. The summed E-state index contributed by atoms with van der Waals surface area (Å²) >= 11 is 1.57. The van der Waals surface area contributed by atoms with Gasteiger partial charge in [0.2, 0.25) is 0 Å². The highest BCUT2D eigenvalue weighted by molar-refractivity contribution is 7.11. The highest BCUT2D eigenvalue weighted by atomic mass is 32.1. The number of rotatable bonds is 5. The molecule has 0 aliphatic rings. The summed E-state index contributed by atoms with van der Waals surface area (Å²) in [5.74, 6) is 0. The van der Waals surface area contributed by atoms with E-state index >= 15 is 0 Å². The molecular formula is C12H17N3S. The van der Waals surface area contributed by atoms with Crippen LogP contribution in [-0.4, -0.2) is 24.0 Å². The molecule has 0 unspecified atom stereocenters. The molecule has 0 amide bonds. The van der Waals surface area contributed by atoms with Gasteiger partial charge in [-0.1, -0.05) is 19.1 Å². The van der Waals surface area contributed by atoms with E-state index in [2.05, 4.69) is 34.4 Å². The quantitative estimate of drug-likeness (QED) is 0.865. The van der Waals surface area contributed by atoms with Gasteiger partial charge in [0.15, 0.2) is 0 Å². The summed E-state index contributed by atoms with van der Waals surface area (Å²) in [6, 6.07) is 8.28. The molecule has 1 aromatic heterocycles. The van der Waals surface area contributed by atoms with Crippen molar-refractivity contribution < 1.29 is 0 Å². The fraction of sp³-hybridized carbons (Fsp3) is 0.417. The maximum atomic E-state index is 5.65. The Morgan fingerprint density at radius 3 is 2.88 bits per heavy atom. The first kappa shape index (κ1) is 11.4. The number of anilines is 1. The number of nitrogens with zero attached hydrogens (tertiary/aromatic N) is 2. The van der Waals surface area contributed by atoms with Gasteiger partial charge in [-0.3, -0.25) is 0 Å². The molecule has 2 rings (SSSR count). The fourth-order valence-corrected chi connectivity index (χ4v) is 2.76. The summed E-state index contributed by atoms with van der Waals surface area (Å²) < 4.78 is 4.46. The lowest BCUT2D eigenvalue weighted by molar-refractivity contribution is 0.771. The summed E-state index contributed by atoms with van der Waals surface area (Å²) in [6.07, 6.45) is 1.13. The van der Waals surface area contributed by atoms with Crippen LogP contribution in [0.15, 0.2) is 24.3 Å². The Labute approximate surface area is 100 Å². The minimum atomic E-state index is 0.687. The van der Waals surface area contributed by atoms with Crippen molar-refractivity contribution in [2.45, 2.75) is 13.3 Å². The van der Waals surface area contributed by atoms with Gasteiger partial charge < -0.3 is 10.6 Å². The standard InChI is InChI=1S/C12H17N3S/c1-2-8-15(9-7-13)12-10-5-3-4-6-11(10)14-16-12/h3-6H,2,7-9,13H2,1H3. The summed E-state index contributed by atoms with van der Waals surface area (Å²) in [6.45, 7) is 4.82. The number of hydrogen-bond acceptors (Lipinski definition) is 4. The third kappa shape index (κ3) is 2.18. The van der Waals surface area contributed by atoms with Crippen molar-refractivity contribution >= 4 is 27.4 Å². The van der Waals surface area contributed by atoms with Gasteiger partial charge in [0.25, 0.3) is 0 Å². The van der Waals surface area contributed by atoms with Crippen molar-refractivity contribution in [1.82, 2.24) is 4.37 Å². The van der Waals surface area contributed by atoms with E-state index in [1.165, 1.54) is 10.4 Å². The van der Waals surface area contributed by atoms with Crippen LogP contribution < -0.4 is 10.6 Å². The second-order valence-electron chi connectivity index (χ2n) is 3.78. The van der Waals surface area contributed by atoms with E-state index in [4.69, 9.17) is 5.73 Å². The number of hydrogen-bond donors (Lipinski definition) is 1. The van der Waals surface area contributed by atoms with E-state index in [-0.39, 0.29) is 0 Å². The van der Waals surface area contributed by atoms with Gasteiger partial charge in [0, 0.05) is 25.0 Å². The second-order valence-corrected chi connectivity index (χ2v) is 4.53. The lowest BCUT2D eigenvalue weighted by Gasteiger charge is -2.21. The molecule has 3 nitrogen and oxygen atoms in total. The van der Waals surface area contributed by atoms with E-state index in [9.17, 15) is 0 Å². The van der Waals surface area contributed by atoms with Crippen LogP contribution in [0.3, 0.4) is 0 Å². The Kier molecular flexibility index (Phi) is 3.74. The molecule has 16 heavy (non-hydrogen) atoms. The first-order valence-corrected chi connectivity index (χ1v) is 6.43. The van der Waals surface area contributed by atoms with E-state index in [1.807, 2.05) is 6.07 Å². The minimum absolute atomic E-state index is 0.687. The zero-order valence-electron chi connectivity index (χ0n) is 9.52. The normalized spacial score (nSPS) is 10.9. The SMILES string of the molecule is CCCN(CCN)c1snc2ccccc12. The van der Waals surface area contributed by atoms with Crippen LogP contribution in [0.4, 0.5) is 5.00 Å². The van der Waals surface area contributed by atoms with E-state index in [1.54, 1.807) is 11.5 Å². The third-order valence-corrected chi connectivity index (χ3v) is 3.48. The molecule has 2 N–H and O–H groups in total. The lowest BCUT2D eigenvalue weighted by atomic mass is 10.2. The van der Waals surface area contributed by atoms with Crippen LogP contribution in [0.1, 0.15) is 13.3 Å². The highest BCUT2D eigenvalue weighted by Gasteiger charge is 2.11. The zero-order chi connectivity index (χ0) is 11.4. The van der Waals surface area contributed by atoms with Gasteiger partial charge in [-0.2, -0.15) is 4.37 Å². The molecule has 0 radical (unpaired) electrons.